The fourth-order valence-electron chi connectivity index (χ4n) is 4.49. The van der Waals surface area contributed by atoms with Crippen molar-refractivity contribution in [1.82, 2.24) is 5.32 Å². The first-order chi connectivity index (χ1) is 13.8. The Morgan fingerprint density at radius 2 is 1.14 bits per heavy atom. The van der Waals surface area contributed by atoms with Crippen LogP contribution in [-0.4, -0.2) is 11.1 Å². The van der Waals surface area contributed by atoms with E-state index in [0.29, 0.717) is 6.04 Å². The molecule has 0 aromatic heterocycles. The molecule has 0 aliphatic heterocycles. The van der Waals surface area contributed by atoms with Crippen molar-refractivity contribution in [2.45, 2.75) is 49.8 Å². The Labute approximate surface area is 168 Å². The molecule has 1 saturated carbocycles. The minimum Gasteiger partial charge on any atom is -0.378 e. The summed E-state index contributed by atoms with van der Waals surface area (Å²) in [5.41, 5.74) is 1.79. The molecular formula is C26H29NO. The maximum absolute atomic E-state index is 12.3. The van der Waals surface area contributed by atoms with E-state index in [0.717, 1.165) is 16.7 Å². The van der Waals surface area contributed by atoms with Crippen LogP contribution in [0.4, 0.5) is 0 Å². The van der Waals surface area contributed by atoms with Crippen molar-refractivity contribution in [1.29, 1.82) is 0 Å². The molecule has 1 atom stereocenters. The van der Waals surface area contributed by atoms with Gasteiger partial charge in [-0.05, 0) is 29.5 Å². The molecule has 28 heavy (non-hydrogen) atoms. The molecule has 1 fully saturated rings. The van der Waals surface area contributed by atoms with Crippen molar-refractivity contribution in [3.05, 3.63) is 108 Å². The van der Waals surface area contributed by atoms with Crippen LogP contribution in [0.1, 0.15) is 54.8 Å². The van der Waals surface area contributed by atoms with Crippen LogP contribution in [0.25, 0.3) is 0 Å². The molecule has 1 unspecified atom stereocenters. The molecule has 2 nitrogen and oxygen atoms in total. The van der Waals surface area contributed by atoms with E-state index in [2.05, 4.69) is 29.6 Å². The standard InChI is InChI=1S/C26H29NO/c28-26(22-15-7-2-8-16-22,23-17-9-3-10-18-23)25(21-13-5-1-6-14-21)27-24-19-11-4-12-20-24/h1-3,5-10,13-18,24-25,27-28H,4,11-12,19-20H2. The maximum Gasteiger partial charge on any atom is 0.134 e. The van der Waals surface area contributed by atoms with E-state index >= 15 is 0 Å². The summed E-state index contributed by atoms with van der Waals surface area (Å²) in [5.74, 6) is 0. The van der Waals surface area contributed by atoms with Gasteiger partial charge in [-0.3, -0.25) is 0 Å². The van der Waals surface area contributed by atoms with E-state index < -0.39 is 5.60 Å². The van der Waals surface area contributed by atoms with Gasteiger partial charge < -0.3 is 10.4 Å². The second kappa shape index (κ2) is 8.72. The minimum atomic E-state index is -1.15. The lowest BCUT2D eigenvalue weighted by Gasteiger charge is -2.41. The van der Waals surface area contributed by atoms with Crippen molar-refractivity contribution in [3.8, 4) is 0 Å². The normalized spacial score (nSPS) is 16.6. The van der Waals surface area contributed by atoms with Gasteiger partial charge in [-0.1, -0.05) is 110 Å². The van der Waals surface area contributed by atoms with Gasteiger partial charge in [0.1, 0.15) is 5.60 Å². The summed E-state index contributed by atoms with van der Waals surface area (Å²) in [6.07, 6.45) is 6.17. The van der Waals surface area contributed by atoms with Gasteiger partial charge in [0.25, 0.3) is 0 Å². The quantitative estimate of drug-likeness (QED) is 0.592. The van der Waals surface area contributed by atoms with Crippen LogP contribution in [0.15, 0.2) is 91.0 Å². The van der Waals surface area contributed by atoms with Gasteiger partial charge in [-0.2, -0.15) is 0 Å². The largest absolute Gasteiger partial charge is 0.378 e. The number of aliphatic hydroxyl groups is 1. The fraction of sp³-hybridized carbons (Fsp3) is 0.308. The van der Waals surface area contributed by atoms with E-state index in [1.54, 1.807) is 0 Å². The SMILES string of the molecule is OC(c1ccccc1)(c1ccccc1)C(NC1CCCCC1)c1ccccc1. The fourth-order valence-corrected chi connectivity index (χ4v) is 4.49. The van der Waals surface area contributed by atoms with E-state index in [-0.39, 0.29) is 6.04 Å². The smallest absolute Gasteiger partial charge is 0.134 e. The summed E-state index contributed by atoms with van der Waals surface area (Å²) in [6, 6.07) is 30.8. The van der Waals surface area contributed by atoms with Crippen LogP contribution in [-0.2, 0) is 5.60 Å². The number of nitrogens with one attached hydrogen (secondary N) is 1. The van der Waals surface area contributed by atoms with Gasteiger partial charge in [0.15, 0.2) is 0 Å². The number of hydrogen-bond donors (Lipinski definition) is 2. The third kappa shape index (κ3) is 3.89. The molecule has 1 aliphatic rings. The molecule has 144 valence electrons. The molecule has 2 heteroatoms. The van der Waals surface area contributed by atoms with Crippen LogP contribution in [0.2, 0.25) is 0 Å². The van der Waals surface area contributed by atoms with E-state index in [9.17, 15) is 5.11 Å². The maximum atomic E-state index is 12.3. The van der Waals surface area contributed by atoms with E-state index in [1.165, 1.54) is 32.1 Å². The molecule has 0 amide bonds. The Morgan fingerprint density at radius 3 is 1.64 bits per heavy atom. The summed E-state index contributed by atoms with van der Waals surface area (Å²) >= 11 is 0. The molecule has 2 N–H and O–H groups in total. The van der Waals surface area contributed by atoms with E-state index in [4.69, 9.17) is 0 Å². The highest BCUT2D eigenvalue weighted by molar-refractivity contribution is 5.41. The summed E-state index contributed by atoms with van der Waals surface area (Å²) in [4.78, 5) is 0. The number of rotatable bonds is 6. The van der Waals surface area contributed by atoms with E-state index in [1.807, 2.05) is 66.7 Å². The zero-order valence-corrected chi connectivity index (χ0v) is 16.3. The van der Waals surface area contributed by atoms with Gasteiger partial charge in [-0.25, -0.2) is 0 Å². The highest BCUT2D eigenvalue weighted by atomic mass is 16.3. The Morgan fingerprint density at radius 1 is 0.679 bits per heavy atom. The Balaban J connectivity index is 1.83. The number of benzene rings is 3. The lowest BCUT2D eigenvalue weighted by molar-refractivity contribution is 0.0292. The Bertz CT molecular complexity index is 802. The highest BCUT2D eigenvalue weighted by Gasteiger charge is 2.42. The highest BCUT2D eigenvalue weighted by Crippen LogP contribution is 2.42. The monoisotopic (exact) mass is 371 g/mol. The molecule has 1 aliphatic carbocycles. The summed E-state index contributed by atoms with van der Waals surface area (Å²) < 4.78 is 0. The van der Waals surface area contributed by atoms with Crippen molar-refractivity contribution in [3.63, 3.8) is 0 Å². The first-order valence-electron chi connectivity index (χ1n) is 10.4. The van der Waals surface area contributed by atoms with Gasteiger partial charge in [0.05, 0.1) is 6.04 Å². The first-order valence-corrected chi connectivity index (χ1v) is 10.4. The zero-order chi connectivity index (χ0) is 19.2. The molecule has 0 spiro atoms. The zero-order valence-electron chi connectivity index (χ0n) is 16.3. The minimum absolute atomic E-state index is 0.221. The lowest BCUT2D eigenvalue weighted by atomic mass is 9.76. The molecule has 0 bridgehead atoms. The van der Waals surface area contributed by atoms with Gasteiger partial charge >= 0.3 is 0 Å². The van der Waals surface area contributed by atoms with Gasteiger partial charge in [-0.15, -0.1) is 0 Å². The Kier molecular flexibility index (Phi) is 5.90. The van der Waals surface area contributed by atoms with Crippen LogP contribution in [0, 0.1) is 0 Å². The second-order valence-electron chi connectivity index (χ2n) is 7.84. The summed E-state index contributed by atoms with van der Waals surface area (Å²) in [6.45, 7) is 0. The predicted molar refractivity (Wildman–Crippen MR) is 115 cm³/mol. The van der Waals surface area contributed by atoms with Crippen LogP contribution >= 0.6 is 0 Å². The number of hydrogen-bond acceptors (Lipinski definition) is 2. The van der Waals surface area contributed by atoms with Gasteiger partial charge in [0, 0.05) is 6.04 Å². The molecule has 4 rings (SSSR count). The Hall–Kier alpha value is -2.42. The molecule has 0 radical (unpaired) electrons. The average molecular weight is 372 g/mol. The predicted octanol–water partition coefficient (Wildman–Crippen LogP) is 5.59. The average Bonchev–Trinajstić information content (AvgIpc) is 2.79. The third-order valence-corrected chi connectivity index (χ3v) is 5.99. The molecule has 3 aromatic carbocycles. The second-order valence-corrected chi connectivity index (χ2v) is 7.84. The molecule has 0 saturated heterocycles. The van der Waals surface area contributed by atoms with Crippen LogP contribution in [0.5, 0.6) is 0 Å². The molecular weight excluding hydrogens is 342 g/mol. The van der Waals surface area contributed by atoms with Crippen LogP contribution in [0.3, 0.4) is 0 Å². The van der Waals surface area contributed by atoms with Crippen LogP contribution < -0.4 is 5.32 Å². The molecule has 3 aromatic rings. The lowest BCUT2D eigenvalue weighted by Crippen LogP contribution is -2.47. The molecule has 0 heterocycles. The van der Waals surface area contributed by atoms with Crippen molar-refractivity contribution < 1.29 is 5.11 Å². The van der Waals surface area contributed by atoms with Crippen molar-refractivity contribution in [2.75, 3.05) is 0 Å². The van der Waals surface area contributed by atoms with Gasteiger partial charge in [0.2, 0.25) is 0 Å². The van der Waals surface area contributed by atoms with Crippen molar-refractivity contribution >= 4 is 0 Å². The summed E-state index contributed by atoms with van der Waals surface area (Å²) in [5, 5.41) is 16.2. The first kappa shape index (κ1) is 18.9. The topological polar surface area (TPSA) is 32.3 Å². The third-order valence-electron chi connectivity index (χ3n) is 5.99. The van der Waals surface area contributed by atoms with Crippen molar-refractivity contribution in [2.24, 2.45) is 0 Å². The summed E-state index contributed by atoms with van der Waals surface area (Å²) in [7, 11) is 0.